The molecule has 1 amide bonds. The first kappa shape index (κ1) is 18.2. The minimum Gasteiger partial charge on any atom is -0.485 e. The Hall–Kier alpha value is -3.55. The Morgan fingerprint density at radius 3 is 2.67 bits per heavy atom. The van der Waals surface area contributed by atoms with Crippen molar-refractivity contribution < 1.29 is 28.5 Å². The first-order chi connectivity index (χ1) is 13.2. The summed E-state index contributed by atoms with van der Waals surface area (Å²) in [6.45, 7) is -0.0445. The van der Waals surface area contributed by atoms with Crippen LogP contribution in [0, 0.1) is 0 Å². The summed E-state index contributed by atoms with van der Waals surface area (Å²) in [6.07, 6.45) is 0.714. The van der Waals surface area contributed by atoms with Crippen molar-refractivity contribution in [2.24, 2.45) is 5.10 Å². The summed E-state index contributed by atoms with van der Waals surface area (Å²) in [5.41, 5.74) is 3.17. The average molecular weight is 370 g/mol. The van der Waals surface area contributed by atoms with Crippen molar-refractivity contribution in [3.63, 3.8) is 0 Å². The molecule has 0 aromatic heterocycles. The largest absolute Gasteiger partial charge is 0.485 e. The van der Waals surface area contributed by atoms with Crippen molar-refractivity contribution in [3.8, 4) is 17.2 Å². The molecular weight excluding hydrogens is 352 g/mol. The molecule has 1 aliphatic heterocycles. The van der Waals surface area contributed by atoms with Crippen molar-refractivity contribution >= 4 is 18.1 Å². The van der Waals surface area contributed by atoms with E-state index in [-0.39, 0.29) is 13.2 Å². The number of hydrazone groups is 1. The number of benzene rings is 2. The zero-order valence-corrected chi connectivity index (χ0v) is 14.6. The number of hydrogen-bond acceptors (Lipinski definition) is 7. The first-order valence-corrected chi connectivity index (χ1v) is 8.17. The zero-order valence-electron chi connectivity index (χ0n) is 14.6. The fourth-order valence-electron chi connectivity index (χ4n) is 2.24. The number of nitrogens with one attached hydrogen (secondary N) is 1. The highest BCUT2D eigenvalue weighted by Crippen LogP contribution is 2.30. The molecule has 1 aliphatic rings. The highest BCUT2D eigenvalue weighted by molar-refractivity contribution is 5.85. The van der Waals surface area contributed by atoms with E-state index >= 15 is 0 Å². The lowest BCUT2D eigenvalue weighted by atomic mass is 10.2. The lowest BCUT2D eigenvalue weighted by Crippen LogP contribution is -2.42. The number of esters is 1. The first-order valence-electron chi connectivity index (χ1n) is 8.17. The van der Waals surface area contributed by atoms with Crippen molar-refractivity contribution in [2.75, 3.05) is 20.3 Å². The summed E-state index contributed by atoms with van der Waals surface area (Å²) >= 11 is 0. The van der Waals surface area contributed by atoms with Gasteiger partial charge in [-0.25, -0.2) is 10.2 Å². The van der Waals surface area contributed by atoms with Gasteiger partial charge in [-0.3, -0.25) is 4.79 Å². The Morgan fingerprint density at radius 2 is 1.93 bits per heavy atom. The number of fused-ring (bicyclic) bond motifs is 1. The van der Waals surface area contributed by atoms with E-state index in [2.05, 4.69) is 15.3 Å². The maximum atomic E-state index is 12.1. The summed E-state index contributed by atoms with van der Waals surface area (Å²) in [6, 6.07) is 14.0. The fraction of sp³-hybridized carbons (Fsp3) is 0.211. The van der Waals surface area contributed by atoms with Crippen LogP contribution in [0.1, 0.15) is 5.56 Å². The lowest BCUT2D eigenvalue weighted by Gasteiger charge is -2.24. The van der Waals surface area contributed by atoms with Crippen LogP contribution < -0.4 is 19.6 Å². The van der Waals surface area contributed by atoms with Crippen LogP contribution in [0.3, 0.4) is 0 Å². The van der Waals surface area contributed by atoms with Gasteiger partial charge < -0.3 is 18.9 Å². The van der Waals surface area contributed by atoms with Gasteiger partial charge in [0.05, 0.1) is 13.3 Å². The van der Waals surface area contributed by atoms with Crippen LogP contribution >= 0.6 is 0 Å². The SMILES string of the molecule is COC(=O)COc1ccc(/C=N\NC(=O)[C@H]2COc3ccccc3O2)cc1. The van der Waals surface area contributed by atoms with Gasteiger partial charge in [0.2, 0.25) is 6.10 Å². The highest BCUT2D eigenvalue weighted by atomic mass is 16.6. The van der Waals surface area contributed by atoms with Crippen molar-refractivity contribution in [2.45, 2.75) is 6.10 Å². The van der Waals surface area contributed by atoms with E-state index in [1.54, 1.807) is 42.5 Å². The zero-order chi connectivity index (χ0) is 19.1. The summed E-state index contributed by atoms with van der Waals surface area (Å²) in [5.74, 6) is 0.793. The second-order valence-corrected chi connectivity index (χ2v) is 5.53. The van der Waals surface area contributed by atoms with Crippen molar-refractivity contribution in [1.29, 1.82) is 0 Å². The fourth-order valence-corrected chi connectivity index (χ4v) is 2.24. The van der Waals surface area contributed by atoms with Crippen LogP contribution in [-0.2, 0) is 14.3 Å². The van der Waals surface area contributed by atoms with Crippen molar-refractivity contribution in [3.05, 3.63) is 54.1 Å². The number of rotatable bonds is 6. The van der Waals surface area contributed by atoms with E-state index in [0.29, 0.717) is 17.2 Å². The van der Waals surface area contributed by atoms with Gasteiger partial charge in [-0.05, 0) is 42.0 Å². The van der Waals surface area contributed by atoms with Crippen LogP contribution in [0.5, 0.6) is 17.2 Å². The van der Waals surface area contributed by atoms with Crippen molar-refractivity contribution in [1.82, 2.24) is 5.43 Å². The molecule has 8 heteroatoms. The van der Waals surface area contributed by atoms with E-state index in [1.165, 1.54) is 13.3 Å². The van der Waals surface area contributed by atoms with Gasteiger partial charge in [0.15, 0.2) is 18.1 Å². The van der Waals surface area contributed by atoms with Crippen LogP contribution in [0.4, 0.5) is 0 Å². The summed E-state index contributed by atoms with van der Waals surface area (Å²) in [5, 5.41) is 3.91. The Labute approximate surface area is 155 Å². The van der Waals surface area contributed by atoms with Gasteiger partial charge in [-0.15, -0.1) is 0 Å². The molecule has 0 spiro atoms. The molecule has 1 atom stereocenters. The van der Waals surface area contributed by atoms with E-state index in [1.807, 2.05) is 6.07 Å². The number of para-hydroxylation sites is 2. The average Bonchev–Trinajstić information content (AvgIpc) is 2.72. The minimum atomic E-state index is -0.772. The molecule has 0 radical (unpaired) electrons. The molecule has 0 unspecified atom stereocenters. The van der Waals surface area contributed by atoms with Crippen LogP contribution in [-0.4, -0.2) is 44.5 Å². The molecule has 0 saturated heterocycles. The number of nitrogens with zero attached hydrogens (tertiary/aromatic N) is 1. The third-order valence-electron chi connectivity index (χ3n) is 3.65. The number of amides is 1. The smallest absolute Gasteiger partial charge is 0.343 e. The van der Waals surface area contributed by atoms with E-state index in [4.69, 9.17) is 14.2 Å². The predicted molar refractivity (Wildman–Crippen MR) is 96.0 cm³/mol. The Balaban J connectivity index is 1.49. The molecule has 1 N–H and O–H groups in total. The number of ether oxygens (including phenoxy) is 4. The third kappa shape index (κ3) is 4.97. The van der Waals surface area contributed by atoms with Gasteiger partial charge in [-0.2, -0.15) is 5.10 Å². The van der Waals surface area contributed by atoms with E-state index < -0.39 is 18.0 Å². The third-order valence-corrected chi connectivity index (χ3v) is 3.65. The lowest BCUT2D eigenvalue weighted by molar-refractivity contribution is -0.142. The molecular formula is C19H18N2O6. The Bertz CT molecular complexity index is 834. The second-order valence-electron chi connectivity index (χ2n) is 5.53. The topological polar surface area (TPSA) is 95.5 Å². The molecule has 1 heterocycles. The highest BCUT2D eigenvalue weighted by Gasteiger charge is 2.26. The second kappa shape index (κ2) is 8.70. The maximum Gasteiger partial charge on any atom is 0.343 e. The van der Waals surface area contributed by atoms with Gasteiger partial charge in [0.1, 0.15) is 12.4 Å². The summed E-state index contributed by atoms with van der Waals surface area (Å²) in [4.78, 5) is 23.2. The molecule has 3 rings (SSSR count). The Morgan fingerprint density at radius 1 is 1.19 bits per heavy atom. The molecule has 0 fully saturated rings. The van der Waals surface area contributed by atoms with Crippen LogP contribution in [0.2, 0.25) is 0 Å². The Kier molecular flexibility index (Phi) is 5.88. The van der Waals surface area contributed by atoms with Gasteiger partial charge in [-0.1, -0.05) is 12.1 Å². The number of methoxy groups -OCH3 is 1. The van der Waals surface area contributed by atoms with Gasteiger partial charge >= 0.3 is 5.97 Å². The number of carbonyl (C=O) groups is 2. The summed E-state index contributed by atoms with van der Waals surface area (Å²) < 4.78 is 20.8. The number of hydrogen-bond donors (Lipinski definition) is 1. The minimum absolute atomic E-state index is 0.116. The predicted octanol–water partition coefficient (Wildman–Crippen LogP) is 1.53. The van der Waals surface area contributed by atoms with Crippen LogP contribution in [0.15, 0.2) is 53.6 Å². The maximum absolute atomic E-state index is 12.1. The summed E-state index contributed by atoms with van der Waals surface area (Å²) in [7, 11) is 1.29. The monoisotopic (exact) mass is 370 g/mol. The standard InChI is InChI=1S/C19H18N2O6/c1-24-18(22)12-25-14-8-6-13(7-9-14)10-20-21-19(23)17-11-26-15-4-2-3-5-16(15)27-17/h2-10,17H,11-12H2,1H3,(H,21,23)/b20-10-/t17-/m1/s1. The quantitative estimate of drug-likeness (QED) is 0.471. The molecule has 0 aliphatic carbocycles. The van der Waals surface area contributed by atoms with Gasteiger partial charge in [0, 0.05) is 0 Å². The molecule has 0 bridgehead atoms. The van der Waals surface area contributed by atoms with Gasteiger partial charge in [0.25, 0.3) is 5.91 Å². The van der Waals surface area contributed by atoms with Crippen LogP contribution in [0.25, 0.3) is 0 Å². The molecule has 2 aromatic carbocycles. The molecule has 2 aromatic rings. The molecule has 140 valence electrons. The van der Waals surface area contributed by atoms with E-state index in [9.17, 15) is 9.59 Å². The molecule has 8 nitrogen and oxygen atoms in total. The molecule has 27 heavy (non-hydrogen) atoms. The number of carbonyl (C=O) groups excluding carboxylic acids is 2. The van der Waals surface area contributed by atoms with E-state index in [0.717, 1.165) is 5.56 Å². The molecule has 0 saturated carbocycles. The normalized spacial score (nSPS) is 15.2.